The summed E-state index contributed by atoms with van der Waals surface area (Å²) in [4.78, 5) is 15.1. The van der Waals surface area contributed by atoms with Gasteiger partial charge in [0, 0.05) is 22.9 Å². The molecule has 2 fully saturated rings. The van der Waals surface area contributed by atoms with Gasteiger partial charge < -0.3 is 13.7 Å². The van der Waals surface area contributed by atoms with Crippen LogP contribution in [-0.4, -0.2) is 36.8 Å². The lowest BCUT2D eigenvalue weighted by atomic mass is 10.1. The van der Waals surface area contributed by atoms with Crippen molar-refractivity contribution in [2.24, 2.45) is 5.92 Å². The molecule has 0 spiro atoms. The van der Waals surface area contributed by atoms with Gasteiger partial charge in [0.25, 0.3) is 5.91 Å². The second-order valence-corrected chi connectivity index (χ2v) is 11.0. The quantitative estimate of drug-likeness (QED) is 0.581. The number of halogens is 1. The van der Waals surface area contributed by atoms with Crippen LogP contribution in [-0.2, 0) is 16.4 Å². The molecule has 2 aliphatic rings. The summed E-state index contributed by atoms with van der Waals surface area (Å²) in [5.41, 5.74) is 0.960. The molecule has 1 saturated carbocycles. The van der Waals surface area contributed by atoms with Crippen LogP contribution in [0.1, 0.15) is 53.3 Å². The van der Waals surface area contributed by atoms with Crippen molar-refractivity contribution in [3.8, 4) is 0 Å². The Balaban J connectivity index is 1.48. The molecule has 0 N–H and O–H groups in total. The minimum atomic E-state index is -3.20. The van der Waals surface area contributed by atoms with Crippen LogP contribution in [0.2, 0.25) is 0 Å². The number of fused-ring (bicyclic) bond motifs is 1. The van der Waals surface area contributed by atoms with Crippen molar-refractivity contribution in [2.75, 3.05) is 11.5 Å². The molecule has 3 heterocycles. The molecule has 3 aromatic rings. The molecule has 31 heavy (non-hydrogen) atoms. The van der Waals surface area contributed by atoms with Gasteiger partial charge in [-0.05, 0) is 56.0 Å². The van der Waals surface area contributed by atoms with Gasteiger partial charge in [-0.2, -0.15) is 0 Å². The van der Waals surface area contributed by atoms with Crippen molar-refractivity contribution >= 4 is 26.7 Å². The molecule has 3 unspecified atom stereocenters. The maximum Gasteiger partial charge on any atom is 0.290 e. The number of carbonyl (C=O) groups is 1. The van der Waals surface area contributed by atoms with E-state index in [0.717, 1.165) is 12.2 Å². The van der Waals surface area contributed by atoms with E-state index in [1.807, 2.05) is 12.1 Å². The summed E-state index contributed by atoms with van der Waals surface area (Å²) in [5, 5.41) is 0.533. The summed E-state index contributed by atoms with van der Waals surface area (Å²) >= 11 is 0. The van der Waals surface area contributed by atoms with Crippen LogP contribution in [0.15, 0.2) is 39.2 Å². The smallest absolute Gasteiger partial charge is 0.290 e. The molecule has 3 atom stereocenters. The van der Waals surface area contributed by atoms with Crippen LogP contribution in [0.3, 0.4) is 0 Å². The number of rotatable bonds is 5. The SMILES string of the molecule is Cc1c(C(=O)N(Cc2ccc(C3CC3C)o2)C2CCS(=O)(=O)C2)oc2ccc(F)cc12. The fraction of sp³-hybridized carbons (Fsp3) is 0.435. The Hall–Kier alpha value is -2.61. The van der Waals surface area contributed by atoms with Gasteiger partial charge in [0.2, 0.25) is 0 Å². The van der Waals surface area contributed by atoms with Crippen molar-refractivity contribution in [3.63, 3.8) is 0 Å². The van der Waals surface area contributed by atoms with Gasteiger partial charge in [-0.3, -0.25) is 4.79 Å². The Morgan fingerprint density at radius 3 is 2.68 bits per heavy atom. The van der Waals surface area contributed by atoms with Crippen molar-refractivity contribution in [3.05, 3.63) is 59.0 Å². The minimum Gasteiger partial charge on any atom is -0.464 e. The fourth-order valence-electron chi connectivity index (χ4n) is 4.48. The zero-order valence-corrected chi connectivity index (χ0v) is 18.2. The highest BCUT2D eigenvalue weighted by molar-refractivity contribution is 7.91. The third kappa shape index (κ3) is 3.78. The van der Waals surface area contributed by atoms with E-state index in [-0.39, 0.29) is 23.8 Å². The van der Waals surface area contributed by atoms with E-state index in [2.05, 4.69) is 6.92 Å². The highest BCUT2D eigenvalue weighted by Gasteiger charge is 2.39. The lowest BCUT2D eigenvalue weighted by Gasteiger charge is -2.26. The van der Waals surface area contributed by atoms with E-state index < -0.39 is 27.6 Å². The second-order valence-electron chi connectivity index (χ2n) is 8.81. The largest absolute Gasteiger partial charge is 0.464 e. The third-order valence-electron chi connectivity index (χ3n) is 6.49. The number of hydrogen-bond acceptors (Lipinski definition) is 5. The number of benzene rings is 1. The molecular formula is C23H24FNO5S. The van der Waals surface area contributed by atoms with Crippen LogP contribution in [0.25, 0.3) is 11.0 Å². The van der Waals surface area contributed by atoms with Crippen LogP contribution in [0, 0.1) is 18.7 Å². The maximum atomic E-state index is 13.7. The molecule has 1 aliphatic carbocycles. The van der Waals surface area contributed by atoms with Gasteiger partial charge in [0.05, 0.1) is 18.1 Å². The zero-order chi connectivity index (χ0) is 21.9. The summed E-state index contributed by atoms with van der Waals surface area (Å²) < 4.78 is 49.7. The van der Waals surface area contributed by atoms with Gasteiger partial charge in [-0.15, -0.1) is 0 Å². The van der Waals surface area contributed by atoms with E-state index in [1.54, 1.807) is 6.92 Å². The van der Waals surface area contributed by atoms with Gasteiger partial charge in [-0.25, -0.2) is 12.8 Å². The Kier molecular flexibility index (Phi) is 4.73. The highest BCUT2D eigenvalue weighted by Crippen LogP contribution is 2.47. The van der Waals surface area contributed by atoms with Crippen molar-refractivity contribution < 1.29 is 26.4 Å². The number of amides is 1. The fourth-order valence-corrected chi connectivity index (χ4v) is 6.21. The summed E-state index contributed by atoms with van der Waals surface area (Å²) in [5.74, 6) is 1.78. The summed E-state index contributed by atoms with van der Waals surface area (Å²) in [7, 11) is -3.20. The normalized spacial score (nSPS) is 24.5. The van der Waals surface area contributed by atoms with Crippen molar-refractivity contribution in [1.82, 2.24) is 4.90 Å². The summed E-state index contributed by atoms with van der Waals surface area (Å²) in [6, 6.07) is 7.44. The van der Waals surface area contributed by atoms with Crippen LogP contribution >= 0.6 is 0 Å². The van der Waals surface area contributed by atoms with Gasteiger partial charge >= 0.3 is 0 Å². The van der Waals surface area contributed by atoms with Gasteiger partial charge in [-0.1, -0.05) is 6.92 Å². The van der Waals surface area contributed by atoms with E-state index >= 15 is 0 Å². The Labute approximate surface area is 179 Å². The lowest BCUT2D eigenvalue weighted by molar-refractivity contribution is 0.0634. The van der Waals surface area contributed by atoms with Crippen molar-refractivity contribution in [1.29, 1.82) is 0 Å². The molecule has 5 rings (SSSR count). The standard InChI is InChI=1S/C23H24FNO5S/c1-13-9-18(13)20-6-4-17(29-20)11-25(16-7-8-31(27,28)12-16)23(26)22-14(2)19-10-15(24)3-5-21(19)30-22/h3-6,10,13,16,18H,7-9,11-12H2,1-2H3. The predicted molar refractivity (Wildman–Crippen MR) is 113 cm³/mol. The van der Waals surface area contributed by atoms with Crippen LogP contribution < -0.4 is 0 Å². The molecule has 0 radical (unpaired) electrons. The molecule has 2 aromatic heterocycles. The number of nitrogens with zero attached hydrogens (tertiary/aromatic N) is 1. The molecule has 8 heteroatoms. The molecular weight excluding hydrogens is 421 g/mol. The lowest BCUT2D eigenvalue weighted by Crippen LogP contribution is -2.40. The predicted octanol–water partition coefficient (Wildman–Crippen LogP) is 4.43. The monoisotopic (exact) mass is 445 g/mol. The molecule has 6 nitrogen and oxygen atoms in total. The average Bonchev–Trinajstić information content (AvgIpc) is 3.06. The molecule has 1 saturated heterocycles. The Bertz CT molecular complexity index is 1270. The van der Waals surface area contributed by atoms with E-state index in [9.17, 15) is 17.6 Å². The second kappa shape index (κ2) is 7.22. The Morgan fingerprint density at radius 1 is 1.23 bits per heavy atom. The molecule has 1 aromatic carbocycles. The minimum absolute atomic E-state index is 0.0504. The first kappa shape index (κ1) is 20.3. The Morgan fingerprint density at radius 2 is 2.00 bits per heavy atom. The number of hydrogen-bond donors (Lipinski definition) is 0. The van der Waals surface area contributed by atoms with E-state index in [4.69, 9.17) is 8.83 Å². The first-order valence-electron chi connectivity index (χ1n) is 10.5. The topological polar surface area (TPSA) is 80.7 Å². The molecule has 0 bridgehead atoms. The molecule has 1 amide bonds. The summed E-state index contributed by atoms with van der Waals surface area (Å²) in [6.07, 6.45) is 1.46. The first-order chi connectivity index (χ1) is 14.7. The number of sulfone groups is 1. The average molecular weight is 446 g/mol. The van der Waals surface area contributed by atoms with Gasteiger partial charge in [0.1, 0.15) is 22.9 Å². The van der Waals surface area contributed by atoms with Crippen LogP contribution in [0.4, 0.5) is 4.39 Å². The maximum absolute atomic E-state index is 13.7. The molecule has 1 aliphatic heterocycles. The molecule has 164 valence electrons. The number of furan rings is 2. The first-order valence-corrected chi connectivity index (χ1v) is 12.3. The number of carbonyl (C=O) groups excluding carboxylic acids is 1. The summed E-state index contributed by atoms with van der Waals surface area (Å²) in [6.45, 7) is 4.03. The highest BCUT2D eigenvalue weighted by atomic mass is 32.2. The van der Waals surface area contributed by atoms with Crippen LogP contribution in [0.5, 0.6) is 0 Å². The van der Waals surface area contributed by atoms with E-state index in [0.29, 0.717) is 40.5 Å². The third-order valence-corrected chi connectivity index (χ3v) is 8.24. The van der Waals surface area contributed by atoms with E-state index in [1.165, 1.54) is 23.1 Å². The van der Waals surface area contributed by atoms with Gasteiger partial charge in [0.15, 0.2) is 15.6 Å². The van der Waals surface area contributed by atoms with Crippen molar-refractivity contribution in [2.45, 2.75) is 45.2 Å². The number of aryl methyl sites for hydroxylation is 1. The zero-order valence-electron chi connectivity index (χ0n) is 17.4.